The van der Waals surface area contributed by atoms with E-state index in [1.165, 1.54) is 6.07 Å². The van der Waals surface area contributed by atoms with Crippen LogP contribution in [0.2, 0.25) is 0 Å². The Kier molecular flexibility index (Phi) is 4.00. The van der Waals surface area contributed by atoms with Gasteiger partial charge in [0.1, 0.15) is 5.75 Å². The lowest BCUT2D eigenvalue weighted by Gasteiger charge is -2.00. The average Bonchev–Trinajstić information content (AvgIpc) is 2.83. The van der Waals surface area contributed by atoms with Gasteiger partial charge in [-0.3, -0.25) is 0 Å². The summed E-state index contributed by atoms with van der Waals surface area (Å²) in [4.78, 5) is 11.3. The molecule has 5 nitrogen and oxygen atoms in total. The maximum atomic E-state index is 13.0. The lowest BCUT2D eigenvalue weighted by Crippen LogP contribution is -2.03. The van der Waals surface area contributed by atoms with Gasteiger partial charge in [0.25, 0.3) is 5.19 Å². The minimum absolute atomic E-state index is 0.0273. The third kappa shape index (κ3) is 3.22. The average molecular weight is 286 g/mol. The van der Waals surface area contributed by atoms with E-state index in [9.17, 15) is 13.6 Å². The van der Waals surface area contributed by atoms with Crippen molar-refractivity contribution in [1.82, 2.24) is 10.2 Å². The molecule has 0 N–H and O–H groups in total. The largest absolute Gasteiger partial charge is 0.461 e. The molecular formula is C11H8F2N2O3S. The summed E-state index contributed by atoms with van der Waals surface area (Å²) in [5, 5.41) is 7.23. The van der Waals surface area contributed by atoms with Crippen molar-refractivity contribution in [2.45, 2.75) is 6.92 Å². The summed E-state index contributed by atoms with van der Waals surface area (Å²) < 4.78 is 35.6. The molecule has 1 heterocycles. The SMILES string of the molecule is CCOC(=O)c1nnc(Oc2ccc(F)c(F)c2)s1. The Hall–Kier alpha value is -2.09. The Morgan fingerprint density at radius 2 is 2.11 bits per heavy atom. The van der Waals surface area contributed by atoms with E-state index in [1.54, 1.807) is 6.92 Å². The van der Waals surface area contributed by atoms with Gasteiger partial charge in [0.2, 0.25) is 5.01 Å². The zero-order valence-electron chi connectivity index (χ0n) is 9.72. The standard InChI is InChI=1S/C11H8F2N2O3S/c1-2-17-10(16)9-14-15-11(19-9)18-6-3-4-7(12)8(13)5-6/h3-5H,2H2,1H3. The highest BCUT2D eigenvalue weighted by Crippen LogP contribution is 2.26. The number of carbonyl (C=O) groups excluding carboxylic acids is 1. The Morgan fingerprint density at radius 3 is 2.79 bits per heavy atom. The highest BCUT2D eigenvalue weighted by molar-refractivity contribution is 7.14. The highest BCUT2D eigenvalue weighted by atomic mass is 32.1. The van der Waals surface area contributed by atoms with E-state index in [-0.39, 0.29) is 22.6 Å². The van der Waals surface area contributed by atoms with Crippen molar-refractivity contribution in [3.05, 3.63) is 34.8 Å². The molecule has 1 aromatic carbocycles. The van der Waals surface area contributed by atoms with Crippen molar-refractivity contribution < 1.29 is 23.0 Å². The van der Waals surface area contributed by atoms with Crippen molar-refractivity contribution in [1.29, 1.82) is 0 Å². The number of esters is 1. The first-order chi connectivity index (χ1) is 9.10. The van der Waals surface area contributed by atoms with Crippen molar-refractivity contribution in [2.24, 2.45) is 0 Å². The normalized spacial score (nSPS) is 10.3. The fourth-order valence-corrected chi connectivity index (χ4v) is 1.78. The van der Waals surface area contributed by atoms with Gasteiger partial charge in [0.05, 0.1) is 6.61 Å². The molecule has 0 unspecified atom stereocenters. The monoisotopic (exact) mass is 286 g/mol. The molecule has 0 radical (unpaired) electrons. The predicted molar refractivity (Wildman–Crippen MR) is 62.3 cm³/mol. The van der Waals surface area contributed by atoms with Gasteiger partial charge in [0, 0.05) is 6.07 Å². The minimum Gasteiger partial charge on any atom is -0.461 e. The molecule has 0 amide bonds. The van der Waals surface area contributed by atoms with Gasteiger partial charge in [-0.05, 0) is 30.4 Å². The Labute approximate surface area is 110 Å². The molecule has 100 valence electrons. The van der Waals surface area contributed by atoms with Crippen molar-refractivity contribution in [3.8, 4) is 10.9 Å². The smallest absolute Gasteiger partial charge is 0.369 e. The number of hydrogen-bond donors (Lipinski definition) is 0. The van der Waals surface area contributed by atoms with E-state index in [0.29, 0.717) is 0 Å². The molecule has 19 heavy (non-hydrogen) atoms. The number of carbonyl (C=O) groups is 1. The van der Waals surface area contributed by atoms with E-state index in [0.717, 1.165) is 23.5 Å². The molecule has 0 fully saturated rings. The van der Waals surface area contributed by atoms with Crippen LogP contribution in [0.3, 0.4) is 0 Å². The van der Waals surface area contributed by atoms with Gasteiger partial charge in [-0.25, -0.2) is 13.6 Å². The van der Waals surface area contributed by atoms with Gasteiger partial charge in [0.15, 0.2) is 11.6 Å². The summed E-state index contributed by atoms with van der Waals surface area (Å²) in [6, 6.07) is 3.04. The van der Waals surface area contributed by atoms with Crippen molar-refractivity contribution in [2.75, 3.05) is 6.61 Å². The first-order valence-corrected chi connectivity index (χ1v) is 6.05. The van der Waals surface area contributed by atoms with E-state index in [1.807, 2.05) is 0 Å². The van der Waals surface area contributed by atoms with Gasteiger partial charge in [-0.15, -0.1) is 5.10 Å². The number of ether oxygens (including phenoxy) is 2. The summed E-state index contributed by atoms with van der Waals surface area (Å²) in [6.07, 6.45) is 0. The van der Waals surface area contributed by atoms with Crippen LogP contribution in [-0.4, -0.2) is 22.8 Å². The molecule has 0 bridgehead atoms. The molecule has 0 aliphatic carbocycles. The van der Waals surface area contributed by atoms with Crippen LogP contribution in [0.5, 0.6) is 10.9 Å². The topological polar surface area (TPSA) is 61.3 Å². The van der Waals surface area contributed by atoms with Crippen LogP contribution < -0.4 is 4.74 Å². The van der Waals surface area contributed by atoms with Crippen LogP contribution in [-0.2, 0) is 4.74 Å². The number of hydrogen-bond acceptors (Lipinski definition) is 6. The van der Waals surface area contributed by atoms with E-state index < -0.39 is 17.6 Å². The van der Waals surface area contributed by atoms with Crippen LogP contribution in [0.15, 0.2) is 18.2 Å². The van der Waals surface area contributed by atoms with Crippen LogP contribution in [0, 0.1) is 11.6 Å². The van der Waals surface area contributed by atoms with E-state index >= 15 is 0 Å². The molecule has 2 aromatic rings. The third-order valence-electron chi connectivity index (χ3n) is 1.95. The van der Waals surface area contributed by atoms with Crippen LogP contribution >= 0.6 is 11.3 Å². The molecule has 0 aliphatic rings. The Morgan fingerprint density at radius 1 is 1.32 bits per heavy atom. The second kappa shape index (κ2) is 5.70. The second-order valence-corrected chi connectivity index (χ2v) is 4.21. The molecule has 0 aliphatic heterocycles. The quantitative estimate of drug-likeness (QED) is 0.809. The number of rotatable bonds is 4. The summed E-state index contributed by atoms with van der Waals surface area (Å²) in [6.45, 7) is 1.88. The molecule has 0 atom stereocenters. The lowest BCUT2D eigenvalue weighted by atomic mass is 10.3. The fourth-order valence-electron chi connectivity index (χ4n) is 1.17. The molecule has 0 saturated carbocycles. The van der Waals surface area contributed by atoms with Crippen LogP contribution in [0.1, 0.15) is 16.7 Å². The van der Waals surface area contributed by atoms with Gasteiger partial charge in [-0.2, -0.15) is 0 Å². The molecular weight excluding hydrogens is 278 g/mol. The molecule has 2 rings (SSSR count). The lowest BCUT2D eigenvalue weighted by molar-refractivity contribution is 0.0525. The molecule has 0 saturated heterocycles. The van der Waals surface area contributed by atoms with Crippen molar-refractivity contribution >= 4 is 17.3 Å². The Balaban J connectivity index is 2.11. The molecule has 1 aromatic heterocycles. The first-order valence-electron chi connectivity index (χ1n) is 5.23. The van der Waals surface area contributed by atoms with Gasteiger partial charge >= 0.3 is 5.97 Å². The van der Waals surface area contributed by atoms with E-state index in [4.69, 9.17) is 9.47 Å². The summed E-state index contributed by atoms with van der Waals surface area (Å²) in [5.41, 5.74) is 0. The van der Waals surface area contributed by atoms with Gasteiger partial charge in [-0.1, -0.05) is 5.10 Å². The molecule has 8 heteroatoms. The number of aromatic nitrogens is 2. The zero-order chi connectivity index (χ0) is 13.8. The number of benzene rings is 1. The second-order valence-electron chi connectivity index (χ2n) is 3.27. The number of halogens is 2. The molecule has 0 spiro atoms. The maximum Gasteiger partial charge on any atom is 0.369 e. The summed E-state index contributed by atoms with van der Waals surface area (Å²) in [5.74, 6) is -2.56. The Bertz CT molecular complexity index is 603. The van der Waals surface area contributed by atoms with Crippen LogP contribution in [0.25, 0.3) is 0 Å². The third-order valence-corrected chi connectivity index (χ3v) is 2.73. The van der Waals surface area contributed by atoms with Crippen molar-refractivity contribution in [3.63, 3.8) is 0 Å². The highest BCUT2D eigenvalue weighted by Gasteiger charge is 2.15. The summed E-state index contributed by atoms with van der Waals surface area (Å²) >= 11 is 0.851. The van der Waals surface area contributed by atoms with Crippen LogP contribution in [0.4, 0.5) is 8.78 Å². The number of nitrogens with zero attached hydrogens (tertiary/aromatic N) is 2. The maximum absolute atomic E-state index is 13.0. The fraction of sp³-hybridized carbons (Fsp3) is 0.182. The minimum atomic E-state index is -1.03. The first kappa shape index (κ1) is 13.3. The van der Waals surface area contributed by atoms with Gasteiger partial charge < -0.3 is 9.47 Å². The van der Waals surface area contributed by atoms with E-state index in [2.05, 4.69) is 10.2 Å². The zero-order valence-corrected chi connectivity index (χ0v) is 10.5. The summed E-state index contributed by atoms with van der Waals surface area (Å²) in [7, 11) is 0. The predicted octanol–water partition coefficient (Wildman–Crippen LogP) is 2.79.